The zero-order valence-corrected chi connectivity index (χ0v) is 7.69. The molecule has 1 aliphatic carbocycles. The third-order valence-electron chi connectivity index (χ3n) is 2.18. The van der Waals surface area contributed by atoms with Crippen molar-refractivity contribution >= 4 is 23.1 Å². The Labute approximate surface area is 79.0 Å². The fourth-order valence-corrected chi connectivity index (χ4v) is 2.66. The average molecular weight is 196 g/mol. The number of aromatic carboxylic acids is 1. The average Bonchev–Trinajstić information content (AvgIpc) is 2.49. The van der Waals surface area contributed by atoms with Crippen LogP contribution in [0, 0.1) is 0 Å². The number of carboxylic acid groups (broad SMARTS) is 1. The Morgan fingerprint density at radius 3 is 2.92 bits per heavy atom. The normalized spacial score (nSPS) is 15.5. The van der Waals surface area contributed by atoms with Gasteiger partial charge in [0.15, 0.2) is 5.78 Å². The van der Waals surface area contributed by atoms with Gasteiger partial charge >= 0.3 is 5.97 Å². The van der Waals surface area contributed by atoms with Crippen molar-refractivity contribution in [3.05, 3.63) is 21.4 Å². The molecule has 3 nitrogen and oxygen atoms in total. The predicted molar refractivity (Wildman–Crippen MR) is 48.5 cm³/mol. The monoisotopic (exact) mass is 196 g/mol. The Bertz CT molecular complexity index is 378. The second-order valence-corrected chi connectivity index (χ2v) is 3.99. The Kier molecular flexibility index (Phi) is 1.92. The zero-order valence-electron chi connectivity index (χ0n) is 6.87. The van der Waals surface area contributed by atoms with Crippen LogP contribution in [0.1, 0.15) is 38.4 Å². The first-order valence-electron chi connectivity index (χ1n) is 4.07. The number of carbonyl (C=O) groups is 2. The number of carbonyl (C=O) groups excluding carboxylic acids is 1. The van der Waals surface area contributed by atoms with Crippen molar-refractivity contribution in [1.82, 2.24) is 0 Å². The summed E-state index contributed by atoms with van der Waals surface area (Å²) < 4.78 is 0. The van der Waals surface area contributed by atoms with Gasteiger partial charge in [0.2, 0.25) is 0 Å². The summed E-state index contributed by atoms with van der Waals surface area (Å²) in [5.41, 5.74) is 0.647. The third-order valence-corrected chi connectivity index (χ3v) is 3.23. The molecular weight excluding hydrogens is 188 g/mol. The summed E-state index contributed by atoms with van der Waals surface area (Å²) in [6.45, 7) is 0. The van der Waals surface area contributed by atoms with E-state index >= 15 is 0 Å². The summed E-state index contributed by atoms with van der Waals surface area (Å²) in [5, 5.41) is 10.4. The minimum Gasteiger partial charge on any atom is -0.478 e. The summed E-state index contributed by atoms with van der Waals surface area (Å²) in [5.74, 6) is -1.01. The molecule has 1 aliphatic rings. The molecule has 1 heterocycles. The molecule has 0 unspecified atom stereocenters. The second kappa shape index (κ2) is 2.96. The van der Waals surface area contributed by atoms with E-state index in [1.54, 1.807) is 5.38 Å². The van der Waals surface area contributed by atoms with Crippen LogP contribution in [-0.2, 0) is 6.42 Å². The number of thiophene rings is 1. The van der Waals surface area contributed by atoms with Crippen molar-refractivity contribution < 1.29 is 14.7 Å². The standard InChI is InChI=1S/C9H8O3S/c10-6-2-1-3-7-8(6)5(4-13-7)9(11)12/h4H,1-3H2,(H,11,12). The molecule has 68 valence electrons. The van der Waals surface area contributed by atoms with Gasteiger partial charge in [-0.3, -0.25) is 4.79 Å². The lowest BCUT2D eigenvalue weighted by atomic mass is 9.95. The second-order valence-electron chi connectivity index (χ2n) is 3.03. The van der Waals surface area contributed by atoms with Crippen LogP contribution in [0.4, 0.5) is 0 Å². The molecule has 0 aromatic carbocycles. The molecule has 0 saturated carbocycles. The molecule has 0 saturated heterocycles. The van der Waals surface area contributed by atoms with Crippen LogP contribution in [-0.4, -0.2) is 16.9 Å². The molecule has 0 bridgehead atoms. The van der Waals surface area contributed by atoms with Crippen LogP contribution < -0.4 is 0 Å². The lowest BCUT2D eigenvalue weighted by Gasteiger charge is -2.09. The van der Waals surface area contributed by atoms with Gasteiger partial charge in [0.1, 0.15) is 0 Å². The highest BCUT2D eigenvalue weighted by molar-refractivity contribution is 7.10. The van der Waals surface area contributed by atoms with Crippen molar-refractivity contribution in [2.45, 2.75) is 19.3 Å². The zero-order chi connectivity index (χ0) is 9.42. The van der Waals surface area contributed by atoms with Crippen molar-refractivity contribution in [3.63, 3.8) is 0 Å². The van der Waals surface area contributed by atoms with Gasteiger partial charge in [-0.2, -0.15) is 0 Å². The highest BCUT2D eigenvalue weighted by Gasteiger charge is 2.25. The molecule has 2 rings (SSSR count). The fraction of sp³-hybridized carbons (Fsp3) is 0.333. The molecule has 13 heavy (non-hydrogen) atoms. The molecule has 0 atom stereocenters. The first kappa shape index (κ1) is 8.44. The summed E-state index contributed by atoms with van der Waals surface area (Å²) in [4.78, 5) is 23.1. The van der Waals surface area contributed by atoms with Gasteiger partial charge in [-0.05, 0) is 12.8 Å². The molecular formula is C9H8O3S. The van der Waals surface area contributed by atoms with E-state index in [1.807, 2.05) is 0 Å². The van der Waals surface area contributed by atoms with Crippen molar-refractivity contribution in [3.8, 4) is 0 Å². The van der Waals surface area contributed by atoms with Crippen LogP contribution in [0.2, 0.25) is 0 Å². The summed E-state index contributed by atoms with van der Waals surface area (Å²) >= 11 is 1.38. The van der Waals surface area contributed by atoms with E-state index < -0.39 is 5.97 Å². The van der Waals surface area contributed by atoms with Crippen molar-refractivity contribution in [1.29, 1.82) is 0 Å². The van der Waals surface area contributed by atoms with E-state index in [9.17, 15) is 9.59 Å². The van der Waals surface area contributed by atoms with Crippen LogP contribution in [0.15, 0.2) is 5.38 Å². The largest absolute Gasteiger partial charge is 0.478 e. The highest BCUT2D eigenvalue weighted by atomic mass is 32.1. The maximum Gasteiger partial charge on any atom is 0.337 e. The lowest BCUT2D eigenvalue weighted by Crippen LogP contribution is -2.12. The Hall–Kier alpha value is -1.16. The van der Waals surface area contributed by atoms with E-state index in [0.29, 0.717) is 12.0 Å². The number of carboxylic acids is 1. The quantitative estimate of drug-likeness (QED) is 0.747. The first-order chi connectivity index (χ1) is 6.20. The number of aryl methyl sites for hydroxylation is 1. The maximum absolute atomic E-state index is 11.4. The molecule has 1 aromatic heterocycles. The molecule has 4 heteroatoms. The van der Waals surface area contributed by atoms with Crippen molar-refractivity contribution in [2.75, 3.05) is 0 Å². The van der Waals surface area contributed by atoms with E-state index in [4.69, 9.17) is 5.11 Å². The van der Waals surface area contributed by atoms with E-state index in [1.165, 1.54) is 11.3 Å². The van der Waals surface area contributed by atoms with Crippen LogP contribution in [0.5, 0.6) is 0 Å². The molecule has 1 N–H and O–H groups in total. The van der Waals surface area contributed by atoms with Crippen LogP contribution in [0.25, 0.3) is 0 Å². The number of fused-ring (bicyclic) bond motifs is 1. The number of rotatable bonds is 1. The molecule has 0 fully saturated rings. The highest BCUT2D eigenvalue weighted by Crippen LogP contribution is 2.29. The fourth-order valence-electron chi connectivity index (χ4n) is 1.58. The number of Topliss-reactive ketones (excluding diaryl/α,β-unsaturated/α-hetero) is 1. The SMILES string of the molecule is O=C(O)c1csc2c1C(=O)CCC2. The van der Waals surface area contributed by atoms with Crippen molar-refractivity contribution in [2.24, 2.45) is 0 Å². The van der Waals surface area contributed by atoms with Gasteiger partial charge < -0.3 is 5.11 Å². The van der Waals surface area contributed by atoms with E-state index in [0.717, 1.165) is 17.7 Å². The maximum atomic E-state index is 11.4. The van der Waals surface area contributed by atoms with Gasteiger partial charge in [0.05, 0.1) is 5.56 Å². The number of hydrogen-bond acceptors (Lipinski definition) is 3. The molecule has 0 radical (unpaired) electrons. The Balaban J connectivity index is 2.56. The van der Waals surface area contributed by atoms with Gasteiger partial charge in [0.25, 0.3) is 0 Å². The van der Waals surface area contributed by atoms with Crippen LogP contribution >= 0.6 is 11.3 Å². The summed E-state index contributed by atoms with van der Waals surface area (Å²) in [7, 11) is 0. The van der Waals surface area contributed by atoms with Gasteiger partial charge in [-0.25, -0.2) is 4.79 Å². The van der Waals surface area contributed by atoms with Crippen LogP contribution in [0.3, 0.4) is 0 Å². The lowest BCUT2D eigenvalue weighted by molar-refractivity contribution is 0.0692. The first-order valence-corrected chi connectivity index (χ1v) is 4.95. The Morgan fingerprint density at radius 2 is 2.23 bits per heavy atom. The summed E-state index contributed by atoms with van der Waals surface area (Å²) in [6, 6.07) is 0. The molecule has 0 aliphatic heterocycles. The van der Waals surface area contributed by atoms with Gasteiger partial charge in [-0.15, -0.1) is 11.3 Å². The van der Waals surface area contributed by atoms with E-state index in [-0.39, 0.29) is 11.3 Å². The summed E-state index contributed by atoms with van der Waals surface area (Å²) in [6.07, 6.45) is 2.19. The number of ketones is 1. The third kappa shape index (κ3) is 1.27. The topological polar surface area (TPSA) is 54.4 Å². The Morgan fingerprint density at radius 1 is 1.46 bits per heavy atom. The van der Waals surface area contributed by atoms with E-state index in [2.05, 4.69) is 0 Å². The molecule has 0 amide bonds. The molecule has 0 spiro atoms. The number of hydrogen-bond donors (Lipinski definition) is 1. The molecule has 1 aromatic rings. The smallest absolute Gasteiger partial charge is 0.337 e. The minimum atomic E-state index is -0.993. The minimum absolute atomic E-state index is 0.0140. The predicted octanol–water partition coefficient (Wildman–Crippen LogP) is 1.97. The van der Waals surface area contributed by atoms with Gasteiger partial charge in [-0.1, -0.05) is 0 Å². The van der Waals surface area contributed by atoms with Gasteiger partial charge in [0, 0.05) is 22.2 Å².